The summed E-state index contributed by atoms with van der Waals surface area (Å²) in [6, 6.07) is 2.00. The molecule has 0 saturated heterocycles. The monoisotopic (exact) mass is 469 g/mol. The molecule has 0 bridgehead atoms. The topological polar surface area (TPSA) is 58.6 Å². The molecular weight excluding hydrogens is 422 g/mol. The van der Waals surface area contributed by atoms with Crippen molar-refractivity contribution in [2.45, 2.75) is 111 Å². The smallest absolute Gasteiger partial charge is 0.255 e. The summed E-state index contributed by atoms with van der Waals surface area (Å²) >= 11 is 0. The van der Waals surface area contributed by atoms with E-state index >= 15 is 0 Å². The van der Waals surface area contributed by atoms with Gasteiger partial charge in [0.1, 0.15) is 17.1 Å². The minimum absolute atomic E-state index is 0.0469. The van der Waals surface area contributed by atoms with Crippen molar-refractivity contribution in [3.05, 3.63) is 40.5 Å². The van der Waals surface area contributed by atoms with Crippen LogP contribution in [0.15, 0.2) is 23.8 Å². The Kier molecular flexibility index (Phi) is 11.2. The Morgan fingerprint density at radius 2 is 1.91 bits per heavy atom. The largest absolute Gasteiger partial charge is 0.506 e. The summed E-state index contributed by atoms with van der Waals surface area (Å²) in [6.07, 6.45) is 16.4. The molecule has 0 spiro atoms. The quantitative estimate of drug-likeness (QED) is 0.214. The van der Waals surface area contributed by atoms with E-state index in [0.717, 1.165) is 63.4 Å². The molecule has 4 nitrogen and oxygen atoms in total. The molecule has 0 aliphatic carbocycles. The summed E-state index contributed by atoms with van der Waals surface area (Å²) in [7, 11) is 0. The van der Waals surface area contributed by atoms with E-state index in [1.165, 1.54) is 12.0 Å². The zero-order valence-electron chi connectivity index (χ0n) is 22.4. The van der Waals surface area contributed by atoms with E-state index < -0.39 is 5.60 Å². The number of hydrogen-bond acceptors (Lipinski definition) is 3. The lowest BCUT2D eigenvalue weighted by Gasteiger charge is -2.32. The maximum atomic E-state index is 13.3. The number of nitrogens with one attached hydrogen (secondary N) is 1. The number of aromatic hydroxyl groups is 1. The molecule has 0 fully saturated rings. The molecule has 1 amide bonds. The summed E-state index contributed by atoms with van der Waals surface area (Å²) in [5.74, 6) is 1.02. The number of rotatable bonds is 14. The minimum atomic E-state index is -0.427. The number of unbranched alkanes of at least 4 members (excludes halogenated alkanes) is 3. The zero-order valence-corrected chi connectivity index (χ0v) is 22.4. The van der Waals surface area contributed by atoms with Crippen molar-refractivity contribution in [3.8, 4) is 11.5 Å². The van der Waals surface area contributed by atoms with Crippen LogP contribution in [-0.2, 0) is 6.42 Å². The van der Waals surface area contributed by atoms with E-state index in [9.17, 15) is 9.90 Å². The molecule has 34 heavy (non-hydrogen) atoms. The summed E-state index contributed by atoms with van der Waals surface area (Å²) in [4.78, 5) is 13.3. The van der Waals surface area contributed by atoms with Gasteiger partial charge in [-0.2, -0.15) is 0 Å². The van der Waals surface area contributed by atoms with E-state index in [4.69, 9.17) is 4.74 Å². The van der Waals surface area contributed by atoms with Crippen molar-refractivity contribution < 1.29 is 14.6 Å². The highest BCUT2D eigenvalue weighted by Crippen LogP contribution is 2.42. The van der Waals surface area contributed by atoms with Crippen LogP contribution < -0.4 is 10.1 Å². The molecule has 2 rings (SSSR count). The molecular formula is C30H47NO3. The molecule has 4 heteroatoms. The first-order valence-electron chi connectivity index (χ1n) is 13.4. The molecule has 0 aromatic heterocycles. The van der Waals surface area contributed by atoms with E-state index in [1.54, 1.807) is 0 Å². The first-order chi connectivity index (χ1) is 16.2. The van der Waals surface area contributed by atoms with E-state index in [2.05, 4.69) is 52.9 Å². The lowest BCUT2D eigenvalue weighted by atomic mass is 9.90. The number of ether oxygens (including phenoxy) is 1. The third-order valence-electron chi connectivity index (χ3n) is 6.89. The van der Waals surface area contributed by atoms with Crippen molar-refractivity contribution >= 4 is 12.0 Å². The van der Waals surface area contributed by atoms with Crippen molar-refractivity contribution in [3.63, 3.8) is 0 Å². The Bertz CT molecular complexity index is 866. The maximum Gasteiger partial charge on any atom is 0.255 e. The highest BCUT2D eigenvalue weighted by Gasteiger charge is 2.31. The molecule has 1 aliphatic heterocycles. The minimum Gasteiger partial charge on any atom is -0.506 e. The normalized spacial score (nSPS) is 17.6. The predicted molar refractivity (Wildman–Crippen MR) is 144 cm³/mol. The number of phenols is 1. The van der Waals surface area contributed by atoms with Gasteiger partial charge >= 0.3 is 0 Å². The molecule has 1 aromatic rings. The van der Waals surface area contributed by atoms with Crippen LogP contribution in [0.2, 0.25) is 0 Å². The number of aryl methyl sites for hydroxylation is 1. The Morgan fingerprint density at radius 3 is 2.56 bits per heavy atom. The fourth-order valence-corrected chi connectivity index (χ4v) is 4.57. The van der Waals surface area contributed by atoms with Crippen LogP contribution in [-0.4, -0.2) is 23.2 Å². The van der Waals surface area contributed by atoms with Gasteiger partial charge in [-0.25, -0.2) is 0 Å². The van der Waals surface area contributed by atoms with Gasteiger partial charge in [-0.15, -0.1) is 0 Å². The number of hydrogen-bond donors (Lipinski definition) is 2. The second-order valence-corrected chi connectivity index (χ2v) is 10.3. The SMILES string of the molecule is CCCCCc1cc2c(c(O)c1C(=O)NCC(CC)CCCC)C=CC(C)(CCC=C(C)C)O2. The number of allylic oxidation sites excluding steroid dienone is 2. The third kappa shape index (κ3) is 7.92. The number of carbonyl (C=O) groups excluding carboxylic acids is 1. The number of benzene rings is 1. The van der Waals surface area contributed by atoms with Crippen LogP contribution in [0.1, 0.15) is 121 Å². The van der Waals surface area contributed by atoms with Crippen LogP contribution in [0.25, 0.3) is 6.08 Å². The van der Waals surface area contributed by atoms with Crippen LogP contribution in [0.4, 0.5) is 0 Å². The summed E-state index contributed by atoms with van der Waals surface area (Å²) in [5, 5.41) is 14.3. The van der Waals surface area contributed by atoms with Gasteiger partial charge in [0.25, 0.3) is 5.91 Å². The number of phenolic OH excluding ortho intramolecular Hbond substituents is 1. The van der Waals surface area contributed by atoms with E-state index in [0.29, 0.717) is 29.3 Å². The van der Waals surface area contributed by atoms with Gasteiger partial charge in [0, 0.05) is 6.54 Å². The molecule has 1 aromatic carbocycles. The second kappa shape index (κ2) is 13.6. The standard InChI is InChI=1S/C30H47NO3/c1-7-10-12-16-24-20-26-25(17-19-30(6,34-26)18-13-14-22(4)5)28(32)27(24)29(33)31-21-23(9-3)15-11-8-2/h14,17,19-20,23,32H,7-13,15-16,18,21H2,1-6H3,(H,31,33). The lowest BCUT2D eigenvalue weighted by molar-refractivity contribution is 0.0941. The molecule has 2 unspecified atom stereocenters. The van der Waals surface area contributed by atoms with Crippen molar-refractivity contribution in [2.24, 2.45) is 5.92 Å². The average molecular weight is 470 g/mol. The summed E-state index contributed by atoms with van der Waals surface area (Å²) in [6.45, 7) is 13.5. The fraction of sp³-hybridized carbons (Fsp3) is 0.633. The fourth-order valence-electron chi connectivity index (χ4n) is 4.57. The molecule has 2 N–H and O–H groups in total. The first kappa shape index (κ1) is 28.0. The second-order valence-electron chi connectivity index (χ2n) is 10.3. The van der Waals surface area contributed by atoms with Crippen molar-refractivity contribution in [2.75, 3.05) is 6.54 Å². The van der Waals surface area contributed by atoms with Crippen molar-refractivity contribution in [1.82, 2.24) is 5.32 Å². The Labute approximate surface area is 207 Å². The first-order valence-corrected chi connectivity index (χ1v) is 13.4. The van der Waals surface area contributed by atoms with Gasteiger partial charge in [-0.3, -0.25) is 4.79 Å². The average Bonchev–Trinajstić information content (AvgIpc) is 2.78. The number of carbonyl (C=O) groups is 1. The highest BCUT2D eigenvalue weighted by molar-refractivity contribution is 6.00. The highest BCUT2D eigenvalue weighted by atomic mass is 16.5. The van der Waals surface area contributed by atoms with Crippen LogP contribution in [0.3, 0.4) is 0 Å². The van der Waals surface area contributed by atoms with Gasteiger partial charge in [0.2, 0.25) is 0 Å². The van der Waals surface area contributed by atoms with Gasteiger partial charge in [0.05, 0.1) is 11.1 Å². The molecule has 190 valence electrons. The summed E-state index contributed by atoms with van der Waals surface area (Å²) in [5.41, 5.74) is 2.79. The predicted octanol–water partition coefficient (Wildman–Crippen LogP) is 7.98. The molecule has 2 atom stereocenters. The van der Waals surface area contributed by atoms with Crippen LogP contribution in [0, 0.1) is 5.92 Å². The Morgan fingerprint density at radius 1 is 1.18 bits per heavy atom. The van der Waals surface area contributed by atoms with Crippen molar-refractivity contribution in [1.29, 1.82) is 0 Å². The third-order valence-corrected chi connectivity index (χ3v) is 6.89. The maximum absolute atomic E-state index is 13.3. The summed E-state index contributed by atoms with van der Waals surface area (Å²) < 4.78 is 6.42. The van der Waals surface area contributed by atoms with E-state index in [1.807, 2.05) is 18.2 Å². The zero-order chi connectivity index (χ0) is 25.1. The molecule has 1 heterocycles. The van der Waals surface area contributed by atoms with Gasteiger partial charge in [-0.05, 0) is 82.6 Å². The molecule has 0 saturated carbocycles. The van der Waals surface area contributed by atoms with Gasteiger partial charge < -0.3 is 15.2 Å². The van der Waals surface area contributed by atoms with Gasteiger partial charge in [-0.1, -0.05) is 64.5 Å². The Balaban J connectivity index is 2.30. The lowest BCUT2D eigenvalue weighted by Crippen LogP contribution is -2.33. The molecule has 1 aliphatic rings. The number of fused-ring (bicyclic) bond motifs is 1. The van der Waals surface area contributed by atoms with Crippen LogP contribution in [0.5, 0.6) is 11.5 Å². The van der Waals surface area contributed by atoms with Gasteiger partial charge in [0.15, 0.2) is 0 Å². The number of amides is 1. The Hall–Kier alpha value is -2.23. The van der Waals surface area contributed by atoms with Crippen LogP contribution >= 0.6 is 0 Å². The molecule has 0 radical (unpaired) electrons. The van der Waals surface area contributed by atoms with E-state index in [-0.39, 0.29) is 11.7 Å².